The molecule has 0 atom stereocenters. The van der Waals surface area contributed by atoms with Crippen LogP contribution in [0.2, 0.25) is 24.9 Å². The standard InChI is InChI=1S/C10H17ClN2O2Si/c1-14-5-6-15-9-8(16(2,3)4)7-12-10(11)13-9/h7H,5-6H2,1-4H3. The zero-order valence-corrected chi connectivity index (χ0v) is 11.8. The molecule has 16 heavy (non-hydrogen) atoms. The zero-order valence-electron chi connectivity index (χ0n) is 10.1. The fraction of sp³-hybridized carbons (Fsp3) is 0.600. The lowest BCUT2D eigenvalue weighted by molar-refractivity contribution is 0.144. The maximum absolute atomic E-state index is 5.76. The molecule has 0 spiro atoms. The minimum absolute atomic E-state index is 0.217. The summed E-state index contributed by atoms with van der Waals surface area (Å²) >= 11 is 5.76. The van der Waals surface area contributed by atoms with E-state index in [2.05, 4.69) is 29.6 Å². The molecule has 1 heterocycles. The molecule has 0 radical (unpaired) electrons. The summed E-state index contributed by atoms with van der Waals surface area (Å²) in [5, 5.41) is 1.29. The van der Waals surface area contributed by atoms with Crippen molar-refractivity contribution in [3.05, 3.63) is 11.5 Å². The minimum atomic E-state index is -1.51. The molecular weight excluding hydrogens is 244 g/mol. The number of hydrogen-bond acceptors (Lipinski definition) is 4. The molecule has 1 rings (SSSR count). The molecule has 4 nitrogen and oxygen atoms in total. The second-order valence-electron chi connectivity index (χ2n) is 4.45. The smallest absolute Gasteiger partial charge is 0.225 e. The third-order valence-electron chi connectivity index (χ3n) is 2.06. The van der Waals surface area contributed by atoms with Crippen LogP contribution in [-0.4, -0.2) is 38.4 Å². The van der Waals surface area contributed by atoms with E-state index >= 15 is 0 Å². The summed E-state index contributed by atoms with van der Waals surface area (Å²) in [6.07, 6.45) is 1.77. The van der Waals surface area contributed by atoms with Crippen molar-refractivity contribution >= 4 is 24.9 Å². The third-order valence-corrected chi connectivity index (χ3v) is 4.20. The SMILES string of the molecule is COCCOc1nc(Cl)ncc1[Si](C)(C)C. The summed E-state index contributed by atoms with van der Waals surface area (Å²) < 4.78 is 10.5. The van der Waals surface area contributed by atoms with Crippen LogP contribution in [0.3, 0.4) is 0 Å². The Labute approximate surface area is 102 Å². The van der Waals surface area contributed by atoms with Crippen molar-refractivity contribution in [2.24, 2.45) is 0 Å². The number of hydrogen-bond donors (Lipinski definition) is 0. The topological polar surface area (TPSA) is 44.2 Å². The molecule has 0 aliphatic heterocycles. The van der Waals surface area contributed by atoms with Gasteiger partial charge in [-0.3, -0.25) is 0 Å². The average molecular weight is 261 g/mol. The molecule has 6 heteroatoms. The normalized spacial score (nSPS) is 11.6. The molecule has 90 valence electrons. The van der Waals surface area contributed by atoms with E-state index in [1.54, 1.807) is 13.3 Å². The van der Waals surface area contributed by atoms with E-state index in [9.17, 15) is 0 Å². The van der Waals surface area contributed by atoms with Crippen LogP contribution >= 0.6 is 11.6 Å². The number of aromatic nitrogens is 2. The quantitative estimate of drug-likeness (QED) is 0.459. The Morgan fingerprint density at radius 1 is 1.31 bits per heavy atom. The molecule has 0 aliphatic rings. The molecule has 0 fully saturated rings. The molecule has 0 amide bonds. The van der Waals surface area contributed by atoms with Crippen molar-refractivity contribution in [2.75, 3.05) is 20.3 Å². The highest BCUT2D eigenvalue weighted by Gasteiger charge is 2.23. The Morgan fingerprint density at radius 3 is 2.56 bits per heavy atom. The molecule has 0 saturated heterocycles. The van der Waals surface area contributed by atoms with E-state index < -0.39 is 8.07 Å². The van der Waals surface area contributed by atoms with Gasteiger partial charge in [0.1, 0.15) is 6.61 Å². The summed E-state index contributed by atoms with van der Waals surface area (Å²) in [4.78, 5) is 8.13. The van der Waals surface area contributed by atoms with Crippen LogP contribution in [0.5, 0.6) is 5.88 Å². The van der Waals surface area contributed by atoms with Gasteiger partial charge in [0.15, 0.2) is 0 Å². The first kappa shape index (κ1) is 13.4. The van der Waals surface area contributed by atoms with E-state index in [0.29, 0.717) is 19.1 Å². The lowest BCUT2D eigenvalue weighted by atomic mass is 10.6. The maximum Gasteiger partial charge on any atom is 0.225 e. The molecule has 0 unspecified atom stereocenters. The highest BCUT2D eigenvalue weighted by atomic mass is 35.5. The van der Waals surface area contributed by atoms with Crippen LogP contribution in [0.15, 0.2) is 6.20 Å². The van der Waals surface area contributed by atoms with Gasteiger partial charge in [0, 0.05) is 18.5 Å². The summed E-state index contributed by atoms with van der Waals surface area (Å²) in [6, 6.07) is 0. The summed E-state index contributed by atoms with van der Waals surface area (Å²) in [5.41, 5.74) is 0. The highest BCUT2D eigenvalue weighted by Crippen LogP contribution is 2.13. The lowest BCUT2D eigenvalue weighted by Gasteiger charge is -2.19. The van der Waals surface area contributed by atoms with Crippen LogP contribution in [0.4, 0.5) is 0 Å². The first-order chi connectivity index (χ1) is 7.45. The van der Waals surface area contributed by atoms with Gasteiger partial charge in [-0.1, -0.05) is 19.6 Å². The summed E-state index contributed by atoms with van der Waals surface area (Å²) in [7, 11) is 0.124. The number of nitrogens with zero attached hydrogens (tertiary/aromatic N) is 2. The number of halogens is 1. The van der Waals surface area contributed by atoms with Gasteiger partial charge in [-0.25, -0.2) is 4.98 Å². The van der Waals surface area contributed by atoms with Crippen LogP contribution < -0.4 is 9.92 Å². The van der Waals surface area contributed by atoms with Crippen LogP contribution in [0.25, 0.3) is 0 Å². The van der Waals surface area contributed by atoms with E-state index in [4.69, 9.17) is 21.1 Å². The zero-order chi connectivity index (χ0) is 12.2. The fourth-order valence-corrected chi connectivity index (χ4v) is 2.54. The largest absolute Gasteiger partial charge is 0.475 e. The fourth-order valence-electron chi connectivity index (χ4n) is 1.19. The molecule has 0 saturated carbocycles. The van der Waals surface area contributed by atoms with Gasteiger partial charge in [-0.2, -0.15) is 4.98 Å². The van der Waals surface area contributed by atoms with Crippen molar-refractivity contribution < 1.29 is 9.47 Å². The summed E-state index contributed by atoms with van der Waals surface area (Å²) in [6.45, 7) is 7.64. The molecule has 1 aromatic heterocycles. The molecule has 0 aromatic carbocycles. The Morgan fingerprint density at radius 2 is 2.00 bits per heavy atom. The second-order valence-corrected chi connectivity index (χ2v) is 9.83. The highest BCUT2D eigenvalue weighted by molar-refractivity contribution is 6.89. The van der Waals surface area contributed by atoms with Gasteiger partial charge in [-0.05, 0) is 11.6 Å². The first-order valence-electron chi connectivity index (χ1n) is 5.10. The molecule has 0 N–H and O–H groups in total. The van der Waals surface area contributed by atoms with Crippen molar-refractivity contribution in [2.45, 2.75) is 19.6 Å². The molecular formula is C10H17ClN2O2Si. The number of methoxy groups -OCH3 is 1. The van der Waals surface area contributed by atoms with Crippen molar-refractivity contribution in [1.82, 2.24) is 9.97 Å². The Kier molecular flexibility index (Phi) is 4.70. The Bertz CT molecular complexity index is 355. The Hall–Kier alpha value is -0.653. The van der Waals surface area contributed by atoms with E-state index in [1.807, 2.05) is 0 Å². The van der Waals surface area contributed by atoms with Gasteiger partial charge in [0.2, 0.25) is 11.2 Å². The van der Waals surface area contributed by atoms with Gasteiger partial charge in [-0.15, -0.1) is 0 Å². The number of rotatable bonds is 5. The predicted octanol–water partition coefficient (Wildman–Crippen LogP) is 1.70. The van der Waals surface area contributed by atoms with Gasteiger partial charge < -0.3 is 9.47 Å². The third kappa shape index (κ3) is 3.73. The van der Waals surface area contributed by atoms with Crippen molar-refractivity contribution in [3.8, 4) is 5.88 Å². The average Bonchev–Trinajstić information content (AvgIpc) is 2.16. The monoisotopic (exact) mass is 260 g/mol. The Balaban J connectivity index is 2.90. The van der Waals surface area contributed by atoms with Crippen molar-refractivity contribution in [1.29, 1.82) is 0 Å². The van der Waals surface area contributed by atoms with Gasteiger partial charge in [0.05, 0.1) is 14.7 Å². The maximum atomic E-state index is 5.76. The summed E-state index contributed by atoms with van der Waals surface area (Å²) in [5.74, 6) is 0.594. The predicted molar refractivity (Wildman–Crippen MR) is 67.4 cm³/mol. The van der Waals surface area contributed by atoms with Gasteiger partial charge in [0.25, 0.3) is 0 Å². The first-order valence-corrected chi connectivity index (χ1v) is 8.97. The van der Waals surface area contributed by atoms with E-state index in [0.717, 1.165) is 5.19 Å². The second kappa shape index (κ2) is 5.61. The van der Waals surface area contributed by atoms with Crippen LogP contribution in [0, 0.1) is 0 Å². The van der Waals surface area contributed by atoms with Gasteiger partial charge >= 0.3 is 0 Å². The van der Waals surface area contributed by atoms with E-state index in [-0.39, 0.29) is 5.28 Å². The van der Waals surface area contributed by atoms with Crippen molar-refractivity contribution in [3.63, 3.8) is 0 Å². The van der Waals surface area contributed by atoms with E-state index in [1.165, 1.54) is 0 Å². The minimum Gasteiger partial charge on any atom is -0.475 e. The lowest BCUT2D eigenvalue weighted by Crippen LogP contribution is -2.39. The molecule has 1 aromatic rings. The number of ether oxygens (including phenoxy) is 2. The molecule has 0 bridgehead atoms. The van der Waals surface area contributed by atoms with Crippen LogP contribution in [0.1, 0.15) is 0 Å². The molecule has 0 aliphatic carbocycles. The van der Waals surface area contributed by atoms with Crippen LogP contribution in [-0.2, 0) is 4.74 Å².